The van der Waals surface area contributed by atoms with Crippen LogP contribution in [0.3, 0.4) is 0 Å². The third-order valence-corrected chi connectivity index (χ3v) is 2.55. The molecule has 0 aliphatic rings. The lowest BCUT2D eigenvalue weighted by Crippen LogP contribution is -2.01. The highest BCUT2D eigenvalue weighted by atomic mass is 32.2. The molecule has 1 rings (SSSR count). The van der Waals surface area contributed by atoms with Gasteiger partial charge in [0.05, 0.1) is 12.7 Å². The quantitative estimate of drug-likeness (QED) is 0.788. The lowest BCUT2D eigenvalue weighted by molar-refractivity contribution is 0.194. The fraction of sp³-hybridized carbons (Fsp3) is 0.455. The van der Waals surface area contributed by atoms with Crippen LogP contribution in [-0.4, -0.2) is 23.7 Å². The first-order valence-corrected chi connectivity index (χ1v) is 6.13. The predicted molar refractivity (Wildman–Crippen MR) is 60.9 cm³/mol. The molecule has 0 amide bonds. The monoisotopic (exact) mass is 230 g/mol. The van der Waals surface area contributed by atoms with Crippen LogP contribution in [0.1, 0.15) is 18.6 Å². The highest BCUT2D eigenvalue weighted by molar-refractivity contribution is 7.98. The van der Waals surface area contributed by atoms with Crippen molar-refractivity contribution in [3.8, 4) is 5.75 Å². The molecule has 4 heteroatoms. The second-order valence-electron chi connectivity index (χ2n) is 3.20. The molecular formula is C11H15FO2S. The minimum Gasteiger partial charge on any atom is -0.493 e. The van der Waals surface area contributed by atoms with Crippen molar-refractivity contribution < 1.29 is 14.2 Å². The van der Waals surface area contributed by atoms with Crippen LogP contribution in [0, 0.1) is 5.82 Å². The molecule has 1 N–H and O–H groups in total. The van der Waals surface area contributed by atoms with Crippen LogP contribution in [0.2, 0.25) is 0 Å². The van der Waals surface area contributed by atoms with Crippen molar-refractivity contribution in [3.63, 3.8) is 0 Å². The SMILES string of the molecule is CSCCOc1ccc(C(C)O)c(F)c1. The summed E-state index contributed by atoms with van der Waals surface area (Å²) in [6, 6.07) is 4.53. The van der Waals surface area contributed by atoms with E-state index in [4.69, 9.17) is 4.74 Å². The third-order valence-electron chi connectivity index (χ3n) is 1.98. The van der Waals surface area contributed by atoms with E-state index in [9.17, 15) is 9.50 Å². The Bertz CT molecular complexity index is 315. The molecule has 0 radical (unpaired) electrons. The molecule has 0 saturated carbocycles. The van der Waals surface area contributed by atoms with Gasteiger partial charge in [0.2, 0.25) is 0 Å². The van der Waals surface area contributed by atoms with Gasteiger partial charge in [-0.15, -0.1) is 0 Å². The van der Waals surface area contributed by atoms with Crippen molar-refractivity contribution in [1.82, 2.24) is 0 Å². The summed E-state index contributed by atoms with van der Waals surface area (Å²) in [4.78, 5) is 0. The van der Waals surface area contributed by atoms with Gasteiger partial charge in [0.25, 0.3) is 0 Å². The van der Waals surface area contributed by atoms with Crippen molar-refractivity contribution >= 4 is 11.8 Å². The van der Waals surface area contributed by atoms with E-state index in [0.717, 1.165) is 5.75 Å². The molecule has 0 heterocycles. The lowest BCUT2D eigenvalue weighted by atomic mass is 10.1. The standard InChI is InChI=1S/C11H15FO2S/c1-8(13)10-4-3-9(7-11(10)12)14-5-6-15-2/h3-4,7-8,13H,5-6H2,1-2H3. The minimum atomic E-state index is -0.787. The topological polar surface area (TPSA) is 29.5 Å². The predicted octanol–water partition coefficient (Wildman–Crippen LogP) is 2.62. The van der Waals surface area contributed by atoms with Crippen molar-refractivity contribution in [2.75, 3.05) is 18.6 Å². The molecule has 1 aromatic rings. The van der Waals surface area contributed by atoms with E-state index in [-0.39, 0.29) is 0 Å². The van der Waals surface area contributed by atoms with E-state index in [0.29, 0.717) is 17.9 Å². The van der Waals surface area contributed by atoms with Gasteiger partial charge in [-0.05, 0) is 25.3 Å². The summed E-state index contributed by atoms with van der Waals surface area (Å²) in [5.41, 5.74) is 0.298. The second-order valence-corrected chi connectivity index (χ2v) is 4.19. The molecule has 2 nitrogen and oxygen atoms in total. The average Bonchev–Trinajstić information content (AvgIpc) is 2.17. The number of aliphatic hydroxyl groups excluding tert-OH is 1. The molecule has 0 saturated heterocycles. The Morgan fingerprint density at radius 2 is 2.27 bits per heavy atom. The number of benzene rings is 1. The fourth-order valence-corrected chi connectivity index (χ4v) is 1.43. The smallest absolute Gasteiger partial charge is 0.132 e. The summed E-state index contributed by atoms with van der Waals surface area (Å²) in [5, 5.41) is 9.23. The van der Waals surface area contributed by atoms with Crippen molar-refractivity contribution in [2.24, 2.45) is 0 Å². The summed E-state index contributed by atoms with van der Waals surface area (Å²) < 4.78 is 18.7. The van der Waals surface area contributed by atoms with Gasteiger partial charge in [0, 0.05) is 17.4 Å². The van der Waals surface area contributed by atoms with E-state index in [1.54, 1.807) is 23.9 Å². The van der Waals surface area contributed by atoms with Crippen LogP contribution in [0.25, 0.3) is 0 Å². The Kier molecular flexibility index (Phi) is 4.91. The van der Waals surface area contributed by atoms with Gasteiger partial charge < -0.3 is 9.84 Å². The normalized spacial score (nSPS) is 12.5. The van der Waals surface area contributed by atoms with Crippen LogP contribution in [-0.2, 0) is 0 Å². The van der Waals surface area contributed by atoms with Crippen LogP contribution in [0.4, 0.5) is 4.39 Å². The Balaban J connectivity index is 2.65. The molecule has 0 fully saturated rings. The molecule has 0 aliphatic carbocycles. The van der Waals surface area contributed by atoms with Gasteiger partial charge in [-0.1, -0.05) is 0 Å². The number of hydrogen-bond acceptors (Lipinski definition) is 3. The maximum atomic E-state index is 13.4. The summed E-state index contributed by atoms with van der Waals surface area (Å²) in [6.45, 7) is 2.10. The summed E-state index contributed by atoms with van der Waals surface area (Å²) >= 11 is 1.67. The summed E-state index contributed by atoms with van der Waals surface area (Å²) in [6.07, 6.45) is 1.20. The molecule has 0 bridgehead atoms. The largest absolute Gasteiger partial charge is 0.493 e. The molecular weight excluding hydrogens is 215 g/mol. The maximum Gasteiger partial charge on any atom is 0.132 e. The summed E-state index contributed by atoms with van der Waals surface area (Å²) in [5.74, 6) is 0.956. The zero-order chi connectivity index (χ0) is 11.3. The van der Waals surface area contributed by atoms with Gasteiger partial charge >= 0.3 is 0 Å². The lowest BCUT2D eigenvalue weighted by Gasteiger charge is -2.09. The van der Waals surface area contributed by atoms with Crippen molar-refractivity contribution in [1.29, 1.82) is 0 Å². The van der Waals surface area contributed by atoms with Gasteiger partial charge in [0.15, 0.2) is 0 Å². The molecule has 0 spiro atoms. The Morgan fingerprint density at radius 3 is 2.80 bits per heavy atom. The van der Waals surface area contributed by atoms with Gasteiger partial charge in [0.1, 0.15) is 11.6 Å². The minimum absolute atomic E-state index is 0.298. The first-order chi connectivity index (χ1) is 7.15. The third kappa shape index (κ3) is 3.72. The number of rotatable bonds is 5. The van der Waals surface area contributed by atoms with E-state index in [1.165, 1.54) is 13.0 Å². The first-order valence-electron chi connectivity index (χ1n) is 4.74. The van der Waals surface area contributed by atoms with E-state index in [2.05, 4.69) is 0 Å². The van der Waals surface area contributed by atoms with Crippen molar-refractivity contribution in [2.45, 2.75) is 13.0 Å². The maximum absolute atomic E-state index is 13.4. The first kappa shape index (κ1) is 12.3. The van der Waals surface area contributed by atoms with Gasteiger partial charge in [-0.3, -0.25) is 0 Å². The van der Waals surface area contributed by atoms with Crippen LogP contribution >= 0.6 is 11.8 Å². The van der Waals surface area contributed by atoms with Crippen LogP contribution in [0.5, 0.6) is 5.75 Å². The number of aliphatic hydroxyl groups is 1. The van der Waals surface area contributed by atoms with E-state index in [1.807, 2.05) is 6.26 Å². The molecule has 1 unspecified atom stereocenters. The van der Waals surface area contributed by atoms with Crippen molar-refractivity contribution in [3.05, 3.63) is 29.6 Å². The van der Waals surface area contributed by atoms with E-state index < -0.39 is 11.9 Å². The fourth-order valence-electron chi connectivity index (χ4n) is 1.18. The zero-order valence-corrected chi connectivity index (χ0v) is 9.68. The Morgan fingerprint density at radius 1 is 1.53 bits per heavy atom. The Labute approximate surface area is 93.5 Å². The second kappa shape index (κ2) is 5.98. The van der Waals surface area contributed by atoms with E-state index >= 15 is 0 Å². The number of hydrogen-bond donors (Lipinski definition) is 1. The average molecular weight is 230 g/mol. The van der Waals surface area contributed by atoms with Crippen LogP contribution < -0.4 is 4.74 Å². The van der Waals surface area contributed by atoms with Gasteiger partial charge in [-0.2, -0.15) is 11.8 Å². The highest BCUT2D eigenvalue weighted by Crippen LogP contribution is 2.21. The zero-order valence-electron chi connectivity index (χ0n) is 8.87. The molecule has 1 atom stereocenters. The van der Waals surface area contributed by atoms with Crippen LogP contribution in [0.15, 0.2) is 18.2 Å². The molecule has 15 heavy (non-hydrogen) atoms. The number of thioether (sulfide) groups is 1. The highest BCUT2D eigenvalue weighted by Gasteiger charge is 2.08. The number of ether oxygens (including phenoxy) is 1. The Hall–Kier alpha value is -0.740. The molecule has 1 aromatic carbocycles. The molecule has 0 aliphatic heterocycles. The van der Waals surface area contributed by atoms with Gasteiger partial charge in [-0.25, -0.2) is 4.39 Å². The molecule has 0 aromatic heterocycles. The molecule has 84 valence electrons. The number of halogens is 1. The summed E-state index contributed by atoms with van der Waals surface area (Å²) in [7, 11) is 0.